The maximum Gasteiger partial charge on any atom is 0.138 e. The summed E-state index contributed by atoms with van der Waals surface area (Å²) in [6, 6.07) is 8.27. The monoisotopic (exact) mass is 256 g/mol. The SMILES string of the molecule is c1ccc(-n2cncn2)c(NCC2CCCCC2)c1. The molecule has 1 N–H and O–H groups in total. The van der Waals surface area contributed by atoms with E-state index in [2.05, 4.69) is 33.6 Å². The van der Waals surface area contributed by atoms with Gasteiger partial charge in [-0.1, -0.05) is 31.4 Å². The summed E-state index contributed by atoms with van der Waals surface area (Å²) in [6.45, 7) is 1.06. The van der Waals surface area contributed by atoms with Gasteiger partial charge in [0.1, 0.15) is 12.7 Å². The number of anilines is 1. The lowest BCUT2D eigenvalue weighted by atomic mass is 9.89. The van der Waals surface area contributed by atoms with Gasteiger partial charge < -0.3 is 5.32 Å². The van der Waals surface area contributed by atoms with Gasteiger partial charge in [-0.25, -0.2) is 9.67 Å². The van der Waals surface area contributed by atoms with Gasteiger partial charge in [-0.2, -0.15) is 5.10 Å². The standard InChI is InChI=1S/C15H20N4/c1-2-6-13(7-3-1)10-17-14-8-4-5-9-15(14)19-12-16-11-18-19/h4-5,8-9,11-13,17H,1-3,6-7,10H2. The molecule has 1 saturated carbocycles. The zero-order valence-corrected chi connectivity index (χ0v) is 11.1. The molecule has 19 heavy (non-hydrogen) atoms. The van der Waals surface area contributed by atoms with Crippen LogP contribution >= 0.6 is 0 Å². The Labute approximate surface area is 113 Å². The smallest absolute Gasteiger partial charge is 0.138 e. The van der Waals surface area contributed by atoms with Crippen LogP contribution in [0.2, 0.25) is 0 Å². The van der Waals surface area contributed by atoms with Crippen molar-refractivity contribution in [1.82, 2.24) is 14.8 Å². The Morgan fingerprint density at radius 3 is 2.79 bits per heavy atom. The molecule has 4 heteroatoms. The summed E-state index contributed by atoms with van der Waals surface area (Å²) in [5.41, 5.74) is 2.20. The average molecular weight is 256 g/mol. The third-order valence-electron chi connectivity index (χ3n) is 3.88. The van der Waals surface area contributed by atoms with Crippen molar-refractivity contribution in [3.63, 3.8) is 0 Å². The van der Waals surface area contributed by atoms with Crippen molar-refractivity contribution >= 4 is 5.69 Å². The van der Waals surface area contributed by atoms with Crippen LogP contribution in [0.1, 0.15) is 32.1 Å². The van der Waals surface area contributed by atoms with E-state index in [0.29, 0.717) is 0 Å². The van der Waals surface area contributed by atoms with Crippen LogP contribution < -0.4 is 5.32 Å². The van der Waals surface area contributed by atoms with Gasteiger partial charge in [0.05, 0.1) is 11.4 Å². The normalized spacial score (nSPS) is 16.4. The molecule has 0 saturated heterocycles. The van der Waals surface area contributed by atoms with Crippen LogP contribution in [-0.4, -0.2) is 21.3 Å². The minimum absolute atomic E-state index is 0.817. The third-order valence-corrected chi connectivity index (χ3v) is 3.88. The molecule has 3 rings (SSSR count). The number of benzene rings is 1. The zero-order chi connectivity index (χ0) is 12.9. The summed E-state index contributed by atoms with van der Waals surface area (Å²) >= 11 is 0. The highest BCUT2D eigenvalue weighted by Gasteiger charge is 2.13. The fourth-order valence-corrected chi connectivity index (χ4v) is 2.80. The summed E-state index contributed by atoms with van der Waals surface area (Å²) in [5.74, 6) is 0.817. The average Bonchev–Trinajstić information content (AvgIpc) is 3.01. The Morgan fingerprint density at radius 1 is 1.16 bits per heavy atom. The molecule has 0 unspecified atom stereocenters. The molecule has 1 heterocycles. The first-order valence-corrected chi connectivity index (χ1v) is 7.11. The molecule has 2 aromatic rings. The quantitative estimate of drug-likeness (QED) is 0.913. The van der Waals surface area contributed by atoms with Crippen LogP contribution in [0.4, 0.5) is 5.69 Å². The Kier molecular flexibility index (Phi) is 3.77. The van der Waals surface area contributed by atoms with Gasteiger partial charge in [0.25, 0.3) is 0 Å². The van der Waals surface area contributed by atoms with Crippen LogP contribution in [0.5, 0.6) is 0 Å². The molecule has 1 aromatic heterocycles. The number of hydrogen-bond donors (Lipinski definition) is 1. The Bertz CT molecular complexity index is 501. The molecule has 1 fully saturated rings. The third kappa shape index (κ3) is 2.95. The minimum Gasteiger partial charge on any atom is -0.383 e. The van der Waals surface area contributed by atoms with E-state index in [1.54, 1.807) is 12.7 Å². The molecule has 100 valence electrons. The van der Waals surface area contributed by atoms with Crippen molar-refractivity contribution in [3.8, 4) is 5.69 Å². The van der Waals surface area contributed by atoms with E-state index in [0.717, 1.165) is 23.8 Å². The molecule has 0 atom stereocenters. The summed E-state index contributed by atoms with van der Waals surface area (Å²) in [6.07, 6.45) is 10.2. The molecule has 1 aromatic carbocycles. The molecule has 4 nitrogen and oxygen atoms in total. The van der Waals surface area contributed by atoms with Crippen molar-refractivity contribution in [2.24, 2.45) is 5.92 Å². The lowest BCUT2D eigenvalue weighted by Gasteiger charge is -2.23. The fraction of sp³-hybridized carbons (Fsp3) is 0.467. The summed E-state index contributed by atoms with van der Waals surface area (Å²) in [5, 5.41) is 7.79. The van der Waals surface area contributed by atoms with Crippen molar-refractivity contribution in [2.45, 2.75) is 32.1 Å². The fourth-order valence-electron chi connectivity index (χ4n) is 2.80. The number of rotatable bonds is 4. The first-order valence-electron chi connectivity index (χ1n) is 7.11. The Balaban J connectivity index is 1.70. The molecular weight excluding hydrogens is 236 g/mol. The van der Waals surface area contributed by atoms with Crippen LogP contribution in [0.3, 0.4) is 0 Å². The van der Waals surface area contributed by atoms with E-state index >= 15 is 0 Å². The molecule has 0 radical (unpaired) electrons. The second kappa shape index (κ2) is 5.87. The van der Waals surface area contributed by atoms with E-state index in [4.69, 9.17) is 0 Å². The maximum absolute atomic E-state index is 4.21. The highest BCUT2D eigenvalue weighted by Crippen LogP contribution is 2.25. The van der Waals surface area contributed by atoms with Crippen LogP contribution in [-0.2, 0) is 0 Å². The number of nitrogens with zero attached hydrogens (tertiary/aromatic N) is 3. The van der Waals surface area contributed by atoms with Crippen LogP contribution in [0, 0.1) is 5.92 Å². The lowest BCUT2D eigenvalue weighted by Crippen LogP contribution is -2.18. The molecule has 1 aliphatic carbocycles. The highest BCUT2D eigenvalue weighted by atomic mass is 15.3. The lowest BCUT2D eigenvalue weighted by molar-refractivity contribution is 0.373. The predicted octanol–water partition coefficient (Wildman–Crippen LogP) is 3.26. The van der Waals surface area contributed by atoms with Gasteiger partial charge in [-0.15, -0.1) is 0 Å². The van der Waals surface area contributed by atoms with Crippen LogP contribution in [0.25, 0.3) is 5.69 Å². The zero-order valence-electron chi connectivity index (χ0n) is 11.1. The van der Waals surface area contributed by atoms with E-state index in [1.807, 2.05) is 10.7 Å². The van der Waals surface area contributed by atoms with Gasteiger partial charge in [0, 0.05) is 6.54 Å². The highest BCUT2D eigenvalue weighted by molar-refractivity contribution is 5.60. The van der Waals surface area contributed by atoms with Gasteiger partial charge in [0.2, 0.25) is 0 Å². The Hall–Kier alpha value is -1.84. The number of nitrogens with one attached hydrogen (secondary N) is 1. The predicted molar refractivity (Wildman–Crippen MR) is 76.4 cm³/mol. The van der Waals surface area contributed by atoms with E-state index in [9.17, 15) is 0 Å². The number of hydrogen-bond acceptors (Lipinski definition) is 3. The van der Waals surface area contributed by atoms with Crippen molar-refractivity contribution in [3.05, 3.63) is 36.9 Å². The summed E-state index contributed by atoms with van der Waals surface area (Å²) in [4.78, 5) is 4.01. The van der Waals surface area contributed by atoms with E-state index in [1.165, 1.54) is 32.1 Å². The molecule has 0 aliphatic heterocycles. The maximum atomic E-state index is 4.21. The van der Waals surface area contributed by atoms with E-state index < -0.39 is 0 Å². The van der Waals surface area contributed by atoms with Crippen LogP contribution in [0.15, 0.2) is 36.9 Å². The molecule has 0 amide bonds. The molecule has 0 spiro atoms. The first-order chi connectivity index (χ1) is 9.43. The molecule has 1 aliphatic rings. The summed E-state index contributed by atoms with van der Waals surface area (Å²) in [7, 11) is 0. The second-order valence-corrected chi connectivity index (χ2v) is 5.24. The molecular formula is C15H20N4. The van der Waals surface area contributed by atoms with Gasteiger partial charge in [-0.3, -0.25) is 0 Å². The minimum atomic E-state index is 0.817. The van der Waals surface area contributed by atoms with Crippen molar-refractivity contribution < 1.29 is 0 Å². The van der Waals surface area contributed by atoms with Crippen molar-refractivity contribution in [2.75, 3.05) is 11.9 Å². The largest absolute Gasteiger partial charge is 0.383 e. The second-order valence-electron chi connectivity index (χ2n) is 5.24. The molecule has 0 bridgehead atoms. The van der Waals surface area contributed by atoms with Gasteiger partial charge in [0.15, 0.2) is 0 Å². The van der Waals surface area contributed by atoms with Gasteiger partial charge >= 0.3 is 0 Å². The Morgan fingerprint density at radius 2 is 2.00 bits per heavy atom. The van der Waals surface area contributed by atoms with E-state index in [-0.39, 0.29) is 0 Å². The summed E-state index contributed by atoms with van der Waals surface area (Å²) < 4.78 is 1.81. The number of para-hydroxylation sites is 2. The van der Waals surface area contributed by atoms with Gasteiger partial charge in [-0.05, 0) is 30.9 Å². The number of aromatic nitrogens is 3. The first kappa shape index (κ1) is 12.2. The van der Waals surface area contributed by atoms with Crippen molar-refractivity contribution in [1.29, 1.82) is 0 Å². The topological polar surface area (TPSA) is 42.7 Å².